The summed E-state index contributed by atoms with van der Waals surface area (Å²) in [6.45, 7) is 0.846. The largest absolute Gasteiger partial charge is 0.356 e. The van der Waals surface area contributed by atoms with E-state index in [2.05, 4.69) is 30.2 Å². The van der Waals surface area contributed by atoms with E-state index in [-0.39, 0.29) is 5.69 Å². The molecule has 1 aliphatic heterocycles. The summed E-state index contributed by atoms with van der Waals surface area (Å²) in [5, 5.41) is 15.7. The summed E-state index contributed by atoms with van der Waals surface area (Å²) < 4.78 is 1.59. The van der Waals surface area contributed by atoms with Crippen molar-refractivity contribution in [3.63, 3.8) is 0 Å². The molecule has 5 N–H and O–H groups in total. The molecule has 4 heterocycles. The summed E-state index contributed by atoms with van der Waals surface area (Å²) >= 11 is 24.3. The molecule has 1 aliphatic rings. The van der Waals surface area contributed by atoms with Crippen LogP contribution in [0.1, 0.15) is 28.5 Å². The Labute approximate surface area is 306 Å². The molecule has 4 aromatic carbocycles. The van der Waals surface area contributed by atoms with Crippen molar-refractivity contribution in [2.75, 3.05) is 0 Å². The third-order valence-electron chi connectivity index (χ3n) is 8.11. The molecule has 0 fully saturated rings. The van der Waals surface area contributed by atoms with Crippen molar-refractivity contribution >= 4 is 68.5 Å². The molecule has 1 atom stereocenters. The highest BCUT2D eigenvalue weighted by molar-refractivity contribution is 6.35. The van der Waals surface area contributed by atoms with Crippen molar-refractivity contribution in [3.8, 4) is 0 Å². The van der Waals surface area contributed by atoms with Crippen LogP contribution in [0.15, 0.2) is 108 Å². The second-order valence-corrected chi connectivity index (χ2v) is 13.5. The van der Waals surface area contributed by atoms with Gasteiger partial charge in [-0.15, -0.1) is 0 Å². The Balaban J connectivity index is 0.000000157. The van der Waals surface area contributed by atoms with Gasteiger partial charge in [0.25, 0.3) is 0 Å². The number of halogens is 4. The minimum Gasteiger partial charge on any atom is -0.356 e. The summed E-state index contributed by atoms with van der Waals surface area (Å²) in [5.74, 6) is 1.53. The highest BCUT2D eigenvalue weighted by atomic mass is 35.5. The molecule has 1 unspecified atom stereocenters. The van der Waals surface area contributed by atoms with Gasteiger partial charge in [-0.1, -0.05) is 82.8 Å². The summed E-state index contributed by atoms with van der Waals surface area (Å²) in [6.07, 6.45) is 4.00. The van der Waals surface area contributed by atoms with Gasteiger partial charge < -0.3 is 30.3 Å². The van der Waals surface area contributed by atoms with Gasteiger partial charge in [0.1, 0.15) is 11.6 Å². The van der Waals surface area contributed by atoms with Gasteiger partial charge in [-0.25, -0.2) is 14.8 Å². The maximum absolute atomic E-state index is 12.2. The summed E-state index contributed by atoms with van der Waals surface area (Å²) in [6, 6.07) is 26.4. The van der Waals surface area contributed by atoms with E-state index in [0.717, 1.165) is 56.2 Å². The molecule has 10 nitrogen and oxygen atoms in total. The number of aromatic nitrogens is 6. The summed E-state index contributed by atoms with van der Waals surface area (Å²) in [7, 11) is 0. The van der Waals surface area contributed by atoms with Gasteiger partial charge in [0, 0.05) is 56.7 Å². The standard InChI is InChI=1S/C18H16Cl2N4O.C18H14Cl2N4O/c2*19-12-6-5-11(14(20)8-12)7-13-9-24(18(25)21-13)10-17-22-15-3-1-2-4-16(15)23-17/h1-6,8-9,18,21,25H,7,10H2,(H,22,23);1-6,8-9H,7,10H2,(H,21,25)(H,22,23). The van der Waals surface area contributed by atoms with E-state index in [4.69, 9.17) is 46.4 Å². The van der Waals surface area contributed by atoms with E-state index >= 15 is 0 Å². The van der Waals surface area contributed by atoms with Crippen LogP contribution in [0, 0.1) is 0 Å². The molecule has 7 aromatic rings. The number of imidazole rings is 3. The van der Waals surface area contributed by atoms with E-state index < -0.39 is 6.35 Å². The predicted octanol–water partition coefficient (Wildman–Crippen LogP) is 7.63. The van der Waals surface area contributed by atoms with Gasteiger partial charge in [-0.3, -0.25) is 4.57 Å². The zero-order valence-electron chi connectivity index (χ0n) is 26.3. The van der Waals surface area contributed by atoms with E-state index in [1.54, 1.807) is 39.9 Å². The van der Waals surface area contributed by atoms with Crippen LogP contribution in [0.5, 0.6) is 0 Å². The summed E-state index contributed by atoms with van der Waals surface area (Å²) in [4.78, 5) is 32.4. The Morgan fingerprint density at radius 1 is 0.700 bits per heavy atom. The van der Waals surface area contributed by atoms with Crippen molar-refractivity contribution in [2.45, 2.75) is 32.3 Å². The topological polar surface area (TPSA) is 131 Å². The zero-order valence-corrected chi connectivity index (χ0v) is 29.3. The van der Waals surface area contributed by atoms with Crippen LogP contribution < -0.4 is 11.0 Å². The van der Waals surface area contributed by atoms with Crippen molar-refractivity contribution in [3.05, 3.63) is 162 Å². The first kappa shape index (κ1) is 33.8. The van der Waals surface area contributed by atoms with Crippen LogP contribution in [0.25, 0.3) is 22.1 Å². The number of hydrogen-bond donors (Lipinski definition) is 5. The number of hydrogen-bond acceptors (Lipinski definition) is 6. The van der Waals surface area contributed by atoms with Crippen molar-refractivity contribution in [1.29, 1.82) is 0 Å². The molecular formula is C36H30Cl4N8O2. The van der Waals surface area contributed by atoms with E-state index in [9.17, 15) is 9.90 Å². The number of aliphatic hydroxyl groups is 1. The molecule has 3 aromatic heterocycles. The highest BCUT2D eigenvalue weighted by Gasteiger charge is 2.23. The van der Waals surface area contributed by atoms with Crippen molar-refractivity contribution < 1.29 is 5.11 Å². The van der Waals surface area contributed by atoms with Crippen LogP contribution in [-0.4, -0.2) is 45.8 Å². The highest BCUT2D eigenvalue weighted by Crippen LogP contribution is 2.26. The molecule has 0 saturated carbocycles. The molecular weight excluding hydrogens is 718 g/mol. The zero-order chi connectivity index (χ0) is 34.8. The van der Waals surface area contributed by atoms with Gasteiger partial charge in [-0.05, 0) is 59.7 Å². The second-order valence-electron chi connectivity index (χ2n) is 11.8. The molecule has 0 amide bonds. The lowest BCUT2D eigenvalue weighted by molar-refractivity contribution is 0.0279. The maximum atomic E-state index is 12.2. The van der Waals surface area contributed by atoms with Gasteiger partial charge in [0.05, 0.1) is 35.2 Å². The van der Waals surface area contributed by atoms with Crippen LogP contribution in [0.4, 0.5) is 0 Å². The monoisotopic (exact) mass is 746 g/mol. The lowest BCUT2D eigenvalue weighted by atomic mass is 10.1. The van der Waals surface area contributed by atoms with Gasteiger partial charge in [0.2, 0.25) is 6.35 Å². The number of H-pyrrole nitrogens is 3. The Morgan fingerprint density at radius 3 is 1.84 bits per heavy atom. The minimum absolute atomic E-state index is 0.180. The fourth-order valence-corrected chi connectivity index (χ4v) is 6.67. The van der Waals surface area contributed by atoms with E-state index in [0.29, 0.717) is 46.0 Å². The number of nitrogens with one attached hydrogen (secondary N) is 4. The second kappa shape index (κ2) is 14.6. The first-order chi connectivity index (χ1) is 24.2. The smallest absolute Gasteiger partial charge is 0.326 e. The number of aromatic amines is 3. The van der Waals surface area contributed by atoms with Crippen molar-refractivity contribution in [1.82, 2.24) is 39.7 Å². The first-order valence-electron chi connectivity index (χ1n) is 15.6. The average molecular weight is 749 g/mol. The maximum Gasteiger partial charge on any atom is 0.326 e. The van der Waals surface area contributed by atoms with Gasteiger partial charge >= 0.3 is 5.69 Å². The lowest BCUT2D eigenvalue weighted by Crippen LogP contribution is -2.35. The van der Waals surface area contributed by atoms with Gasteiger partial charge in [-0.2, -0.15) is 0 Å². The van der Waals surface area contributed by atoms with Crippen LogP contribution >= 0.6 is 46.4 Å². The molecule has 0 spiro atoms. The Hall–Kier alpha value is -4.71. The fraction of sp³-hybridized carbons (Fsp3) is 0.139. The molecule has 50 heavy (non-hydrogen) atoms. The average Bonchev–Trinajstić information content (AvgIpc) is 3.85. The fourth-order valence-electron chi connectivity index (χ4n) is 5.72. The Bertz CT molecular complexity index is 2330. The third-order valence-corrected chi connectivity index (χ3v) is 9.29. The first-order valence-corrected chi connectivity index (χ1v) is 17.1. The third kappa shape index (κ3) is 7.85. The molecule has 8 rings (SSSR count). The lowest BCUT2D eigenvalue weighted by Gasteiger charge is -2.19. The molecule has 0 aliphatic carbocycles. The predicted molar refractivity (Wildman–Crippen MR) is 199 cm³/mol. The Morgan fingerprint density at radius 2 is 1.26 bits per heavy atom. The number of para-hydroxylation sites is 4. The number of allylic oxidation sites excluding steroid dienone is 1. The normalized spacial score (nSPS) is 14.1. The number of aliphatic hydroxyl groups excluding tert-OH is 1. The van der Waals surface area contributed by atoms with E-state index in [1.807, 2.05) is 66.9 Å². The minimum atomic E-state index is -0.797. The summed E-state index contributed by atoms with van der Waals surface area (Å²) in [5.41, 5.74) is 7.07. The Kier molecular flexibility index (Phi) is 9.89. The number of fused-ring (bicyclic) bond motifs is 2. The molecule has 0 bridgehead atoms. The SMILES string of the molecule is O=c1[nH]c(Cc2ccc(Cl)cc2Cl)cn1Cc1nc2ccccc2[nH]1.OC1NC(Cc2ccc(Cl)cc2Cl)=CN1Cc1nc2ccccc2[nH]1. The quantitative estimate of drug-likeness (QED) is 0.109. The molecule has 14 heteroatoms. The van der Waals surface area contributed by atoms with Gasteiger partial charge in [0.15, 0.2) is 0 Å². The van der Waals surface area contributed by atoms with Crippen LogP contribution in [0.3, 0.4) is 0 Å². The molecule has 0 radical (unpaired) electrons. The number of benzene rings is 4. The molecule has 0 saturated heterocycles. The van der Waals surface area contributed by atoms with E-state index in [1.165, 1.54) is 0 Å². The van der Waals surface area contributed by atoms with Crippen LogP contribution in [0.2, 0.25) is 20.1 Å². The van der Waals surface area contributed by atoms with Crippen molar-refractivity contribution in [2.24, 2.45) is 0 Å². The van der Waals surface area contributed by atoms with Crippen LogP contribution in [-0.2, 0) is 25.9 Å². The molecule has 254 valence electrons. The number of nitrogens with zero attached hydrogens (tertiary/aromatic N) is 4. The number of rotatable bonds is 8.